The van der Waals surface area contributed by atoms with Crippen molar-refractivity contribution in [3.05, 3.63) is 154 Å². The quantitative estimate of drug-likeness (QED) is 0.161. The lowest BCUT2D eigenvalue weighted by Crippen LogP contribution is -2.64. The molecule has 7 aliphatic rings. The molecular formula is C73H80BN3O. The summed E-state index contributed by atoms with van der Waals surface area (Å²) in [7, 11) is 0. The number of hydrogen-bond acceptors (Lipinski definition) is 4. The van der Waals surface area contributed by atoms with E-state index in [4.69, 9.17) is 4.42 Å². The topological polar surface area (TPSA) is 22.9 Å². The van der Waals surface area contributed by atoms with Crippen LogP contribution in [0.3, 0.4) is 0 Å². The van der Waals surface area contributed by atoms with Gasteiger partial charge in [0.05, 0.1) is 27.8 Å². The van der Waals surface area contributed by atoms with Crippen LogP contribution in [0.4, 0.5) is 39.8 Å². The molecule has 5 heteroatoms. The molecule has 0 saturated heterocycles. The van der Waals surface area contributed by atoms with Crippen molar-refractivity contribution in [2.75, 3.05) is 14.7 Å². The Morgan fingerprint density at radius 2 is 1.13 bits per heavy atom. The maximum atomic E-state index is 7.13. The second kappa shape index (κ2) is 15.2. The van der Waals surface area contributed by atoms with E-state index in [1.807, 2.05) is 0 Å². The van der Waals surface area contributed by atoms with E-state index in [1.54, 1.807) is 5.56 Å². The van der Waals surface area contributed by atoms with Gasteiger partial charge in [-0.15, -0.1) is 0 Å². The van der Waals surface area contributed by atoms with Crippen LogP contribution in [0.15, 0.2) is 120 Å². The zero-order valence-corrected chi connectivity index (χ0v) is 49.5. The standard InChI is InChI=1S/C73H80BN3O/c1-66(2,3)44-25-28-56-52(36-44)70(12)31-19-21-33-72(70,14)76(56)47-39-58-63-59(40-47)77-64-53(71(13)32-20-22-34-73(71,77)15)37-46(67(4,5)6)38-55(64)74(63)54-27-30-61-62-49-35-45(26-29-60(49)78-61)69(10,11)51-42-57(75(58)65(54)62)48(41-50(51)68(7,8)9)43-23-17-16-18-24-43/h16-18,23-30,35-42H,19-22,31-34H2,1-15H3. The smallest absolute Gasteiger partial charge is 0.252 e. The number of rotatable bonds is 2. The summed E-state index contributed by atoms with van der Waals surface area (Å²) in [6.45, 7) is 37.2. The Balaban J connectivity index is 1.15. The molecule has 2 aliphatic carbocycles. The zero-order chi connectivity index (χ0) is 54.4. The van der Waals surface area contributed by atoms with E-state index in [-0.39, 0.29) is 50.3 Å². The molecule has 4 atom stereocenters. The van der Waals surface area contributed by atoms with Gasteiger partial charge in [-0.05, 0) is 165 Å². The molecule has 78 heavy (non-hydrogen) atoms. The van der Waals surface area contributed by atoms with Gasteiger partial charge in [0, 0.05) is 55.6 Å². The molecule has 0 spiro atoms. The van der Waals surface area contributed by atoms with E-state index in [0.29, 0.717) is 0 Å². The van der Waals surface area contributed by atoms with Crippen molar-refractivity contribution in [3.63, 3.8) is 0 Å². The predicted molar refractivity (Wildman–Crippen MR) is 332 cm³/mol. The molecule has 4 nitrogen and oxygen atoms in total. The average molecular weight is 1030 g/mol. The summed E-state index contributed by atoms with van der Waals surface area (Å²) in [6, 6.07) is 46.9. The second-order valence-corrected chi connectivity index (χ2v) is 30.0. The molecule has 6 heterocycles. The third-order valence-corrected chi connectivity index (χ3v) is 22.4. The summed E-state index contributed by atoms with van der Waals surface area (Å²) in [5.74, 6) is 0. The van der Waals surface area contributed by atoms with Crippen molar-refractivity contribution in [1.82, 2.24) is 0 Å². The van der Waals surface area contributed by atoms with E-state index in [0.717, 1.165) is 24.0 Å². The predicted octanol–water partition coefficient (Wildman–Crippen LogP) is 17.9. The van der Waals surface area contributed by atoms with Crippen LogP contribution in [0.5, 0.6) is 0 Å². The Labute approximate surface area is 465 Å². The van der Waals surface area contributed by atoms with Gasteiger partial charge in [-0.3, -0.25) is 0 Å². The molecule has 2 fully saturated rings. The number of fused-ring (bicyclic) bond motifs is 14. The first kappa shape index (κ1) is 48.9. The molecule has 396 valence electrons. The lowest BCUT2D eigenvalue weighted by atomic mass is 9.33. The van der Waals surface area contributed by atoms with Crippen molar-refractivity contribution in [2.24, 2.45) is 0 Å². The molecule has 1 aromatic heterocycles. The van der Waals surface area contributed by atoms with Crippen molar-refractivity contribution < 1.29 is 4.42 Å². The van der Waals surface area contributed by atoms with E-state index in [2.05, 4.69) is 234 Å². The van der Waals surface area contributed by atoms with Crippen molar-refractivity contribution in [1.29, 1.82) is 0 Å². The normalized spacial score (nSPS) is 25.2. The largest absolute Gasteiger partial charge is 0.456 e. The number of furan rings is 1. The van der Waals surface area contributed by atoms with Gasteiger partial charge < -0.3 is 19.1 Å². The summed E-state index contributed by atoms with van der Waals surface area (Å²) in [5, 5.41) is 2.42. The minimum Gasteiger partial charge on any atom is -0.456 e. The summed E-state index contributed by atoms with van der Waals surface area (Å²) >= 11 is 0. The van der Waals surface area contributed by atoms with Crippen LogP contribution in [-0.4, -0.2) is 17.8 Å². The van der Waals surface area contributed by atoms with E-state index in [9.17, 15) is 0 Å². The van der Waals surface area contributed by atoms with Crippen LogP contribution in [0.2, 0.25) is 0 Å². The zero-order valence-electron chi connectivity index (χ0n) is 49.5. The minimum atomic E-state index is -0.335. The Morgan fingerprint density at radius 3 is 1.82 bits per heavy atom. The molecule has 7 aromatic carbocycles. The number of benzene rings is 7. The fraction of sp³-hybridized carbons (Fsp3) is 0.425. The summed E-state index contributed by atoms with van der Waals surface area (Å²) in [4.78, 5) is 8.67. The first-order valence-corrected chi connectivity index (χ1v) is 30.0. The average Bonchev–Trinajstić information content (AvgIpc) is 4.04. The van der Waals surface area contributed by atoms with Crippen LogP contribution >= 0.6 is 0 Å². The van der Waals surface area contributed by atoms with Gasteiger partial charge in [0.2, 0.25) is 0 Å². The number of nitrogens with zero attached hydrogens (tertiary/aromatic N) is 3. The lowest BCUT2D eigenvalue weighted by Gasteiger charge is -2.54. The van der Waals surface area contributed by atoms with Crippen molar-refractivity contribution in [2.45, 2.75) is 199 Å². The number of anilines is 7. The molecule has 5 aliphatic heterocycles. The fourth-order valence-electron chi connectivity index (χ4n) is 17.4. The van der Waals surface area contributed by atoms with E-state index >= 15 is 0 Å². The summed E-state index contributed by atoms with van der Waals surface area (Å²) in [6.07, 6.45) is 9.63. The summed E-state index contributed by atoms with van der Waals surface area (Å²) < 4.78 is 7.13. The minimum absolute atomic E-state index is 0.0175. The Bertz CT molecular complexity index is 3950. The van der Waals surface area contributed by atoms with Crippen LogP contribution < -0.4 is 31.1 Å². The SMILES string of the molecule is CC(C)(C)c1ccc2c(c1)C1(C)CCCCC1(C)N2c1cc2c3c(c1)N1c4c(cc(C(C)(C)C)cc4C4(C)CCCCC14C)B3c1ccc3oc4ccc5cc4c3c1N2c1cc(c(C(C)(C)C)cc1-c1ccccc1)C5(C)C. The third-order valence-electron chi connectivity index (χ3n) is 22.4. The second-order valence-electron chi connectivity index (χ2n) is 30.0. The Kier molecular flexibility index (Phi) is 9.51. The Hall–Kier alpha value is -6.20. The molecule has 2 saturated carbocycles. The lowest BCUT2D eigenvalue weighted by molar-refractivity contribution is 0.194. The maximum Gasteiger partial charge on any atom is 0.252 e. The van der Waals surface area contributed by atoms with Crippen LogP contribution in [0, 0.1) is 0 Å². The third kappa shape index (κ3) is 5.99. The molecule has 15 rings (SSSR count). The highest BCUT2D eigenvalue weighted by Gasteiger charge is 2.63. The molecule has 0 amide bonds. The van der Waals surface area contributed by atoms with Gasteiger partial charge in [-0.25, -0.2) is 0 Å². The Morgan fingerprint density at radius 1 is 0.487 bits per heavy atom. The monoisotopic (exact) mass is 1030 g/mol. The highest BCUT2D eigenvalue weighted by Crippen LogP contribution is 2.66. The highest BCUT2D eigenvalue weighted by molar-refractivity contribution is 7.00. The number of hydrogen-bond donors (Lipinski definition) is 0. The van der Waals surface area contributed by atoms with Crippen LogP contribution in [0.1, 0.15) is 194 Å². The van der Waals surface area contributed by atoms with E-state index in [1.165, 1.54) is 150 Å². The van der Waals surface area contributed by atoms with Crippen LogP contribution in [-0.2, 0) is 32.5 Å². The van der Waals surface area contributed by atoms with Gasteiger partial charge in [0.25, 0.3) is 6.71 Å². The van der Waals surface area contributed by atoms with Gasteiger partial charge in [-0.2, -0.15) is 0 Å². The fourth-order valence-corrected chi connectivity index (χ4v) is 17.4. The van der Waals surface area contributed by atoms with Gasteiger partial charge in [0.1, 0.15) is 11.2 Å². The highest BCUT2D eigenvalue weighted by atomic mass is 16.3. The molecule has 8 aromatic rings. The van der Waals surface area contributed by atoms with E-state index < -0.39 is 0 Å². The maximum absolute atomic E-state index is 7.13. The van der Waals surface area contributed by atoms with Gasteiger partial charge >= 0.3 is 0 Å². The molecule has 0 N–H and O–H groups in total. The van der Waals surface area contributed by atoms with Gasteiger partial charge in [0.15, 0.2) is 0 Å². The van der Waals surface area contributed by atoms with Crippen molar-refractivity contribution in [3.8, 4) is 11.1 Å². The summed E-state index contributed by atoms with van der Waals surface area (Å²) in [5.41, 5.74) is 27.2. The molecule has 4 bridgehead atoms. The molecule has 0 radical (unpaired) electrons. The van der Waals surface area contributed by atoms with Crippen molar-refractivity contribution >= 4 is 84.9 Å². The first-order chi connectivity index (χ1) is 36.8. The van der Waals surface area contributed by atoms with Crippen LogP contribution in [0.25, 0.3) is 33.1 Å². The molecule has 4 unspecified atom stereocenters. The van der Waals surface area contributed by atoms with Gasteiger partial charge in [-0.1, -0.05) is 182 Å². The molecular weight excluding hydrogens is 946 g/mol. The first-order valence-electron chi connectivity index (χ1n) is 30.0.